The summed E-state index contributed by atoms with van der Waals surface area (Å²) < 4.78 is 11.4. The lowest BCUT2D eigenvalue weighted by molar-refractivity contribution is -0.0105. The number of fused-ring (bicyclic) bond motifs is 1. The highest BCUT2D eigenvalue weighted by atomic mass is 16.6. The zero-order valence-electron chi connectivity index (χ0n) is 11.5. The maximum atomic E-state index is 10.2. The van der Waals surface area contributed by atoms with Crippen molar-refractivity contribution in [3.8, 4) is 11.5 Å². The van der Waals surface area contributed by atoms with E-state index in [4.69, 9.17) is 9.47 Å². The van der Waals surface area contributed by atoms with Gasteiger partial charge in [-0.3, -0.25) is 0 Å². The fraction of sp³-hybridized carbons (Fsp3) is 0.600. The molecule has 2 heterocycles. The Labute approximate surface area is 119 Å². The van der Waals surface area contributed by atoms with Crippen molar-refractivity contribution in [2.75, 3.05) is 26.2 Å². The van der Waals surface area contributed by atoms with Gasteiger partial charge in [-0.15, -0.1) is 0 Å². The summed E-state index contributed by atoms with van der Waals surface area (Å²) in [5.74, 6) is 1.46. The number of ether oxygens (including phenoxy) is 2. The summed E-state index contributed by atoms with van der Waals surface area (Å²) in [6.07, 6.45) is 1.35. The summed E-state index contributed by atoms with van der Waals surface area (Å²) in [5, 5.41) is 17.0. The molecule has 2 aliphatic rings. The maximum Gasteiger partial charge on any atom is 0.161 e. The molecule has 0 spiro atoms. The number of piperidine rings is 1. The van der Waals surface area contributed by atoms with Crippen molar-refractivity contribution in [1.29, 1.82) is 0 Å². The van der Waals surface area contributed by atoms with Gasteiger partial charge in [0.05, 0.1) is 0 Å². The molecule has 2 atom stereocenters. The Morgan fingerprint density at radius 3 is 2.80 bits per heavy atom. The molecule has 0 aliphatic carbocycles. The van der Waals surface area contributed by atoms with Gasteiger partial charge in [-0.05, 0) is 38.1 Å². The van der Waals surface area contributed by atoms with Gasteiger partial charge in [0.25, 0.3) is 0 Å². The quantitative estimate of drug-likeness (QED) is 0.750. The molecule has 2 aliphatic heterocycles. The largest absolute Gasteiger partial charge is 0.486 e. The molecule has 20 heavy (non-hydrogen) atoms. The standard InChI is InChI=1S/C15H22N2O3/c18-12(9-17-11-5-7-16-8-6-11)15-10-19-13-3-1-2-4-14(13)20-15/h1-4,11-12,15-18H,5-10H2. The molecule has 0 radical (unpaired) electrons. The molecule has 1 fully saturated rings. The summed E-state index contributed by atoms with van der Waals surface area (Å²) >= 11 is 0. The third-order valence-corrected chi connectivity index (χ3v) is 3.91. The fourth-order valence-corrected chi connectivity index (χ4v) is 2.67. The average molecular weight is 278 g/mol. The van der Waals surface area contributed by atoms with Crippen LogP contribution in [0.25, 0.3) is 0 Å². The molecule has 1 aromatic carbocycles. The molecule has 1 aromatic rings. The van der Waals surface area contributed by atoms with Crippen LogP contribution in [0.1, 0.15) is 12.8 Å². The first kappa shape index (κ1) is 13.7. The van der Waals surface area contributed by atoms with Crippen molar-refractivity contribution in [1.82, 2.24) is 10.6 Å². The van der Waals surface area contributed by atoms with Crippen LogP contribution in [0, 0.1) is 0 Å². The Balaban J connectivity index is 1.49. The van der Waals surface area contributed by atoms with E-state index in [0.717, 1.165) is 31.7 Å². The minimum absolute atomic E-state index is 0.306. The van der Waals surface area contributed by atoms with Crippen LogP contribution < -0.4 is 20.1 Å². The van der Waals surface area contributed by atoms with Gasteiger partial charge in [-0.1, -0.05) is 12.1 Å². The van der Waals surface area contributed by atoms with Crippen LogP contribution in [0.15, 0.2) is 24.3 Å². The first-order valence-corrected chi connectivity index (χ1v) is 7.33. The van der Waals surface area contributed by atoms with Crippen LogP contribution in [0.3, 0.4) is 0 Å². The number of aliphatic hydroxyl groups is 1. The predicted molar refractivity (Wildman–Crippen MR) is 76.3 cm³/mol. The summed E-state index contributed by atoms with van der Waals surface area (Å²) in [7, 11) is 0. The normalized spacial score (nSPS) is 24.4. The third kappa shape index (κ3) is 3.23. The van der Waals surface area contributed by atoms with E-state index in [9.17, 15) is 5.11 Å². The topological polar surface area (TPSA) is 62.8 Å². The van der Waals surface area contributed by atoms with Gasteiger partial charge in [-0.25, -0.2) is 0 Å². The monoisotopic (exact) mass is 278 g/mol. The van der Waals surface area contributed by atoms with Crippen molar-refractivity contribution in [3.63, 3.8) is 0 Å². The predicted octanol–water partition coefficient (Wildman–Crippen LogP) is 0.529. The number of para-hydroxylation sites is 2. The lowest BCUT2D eigenvalue weighted by Crippen LogP contribution is -2.48. The molecule has 5 nitrogen and oxygen atoms in total. The molecule has 0 saturated carbocycles. The van der Waals surface area contributed by atoms with Gasteiger partial charge in [0.15, 0.2) is 17.6 Å². The molecule has 0 aromatic heterocycles. The molecular weight excluding hydrogens is 256 g/mol. The van der Waals surface area contributed by atoms with E-state index in [1.807, 2.05) is 24.3 Å². The highest BCUT2D eigenvalue weighted by Gasteiger charge is 2.28. The number of rotatable bonds is 4. The number of aliphatic hydroxyl groups excluding tert-OH is 1. The SMILES string of the molecule is OC(CNC1CCNCC1)C1COc2ccccc2O1. The van der Waals surface area contributed by atoms with Crippen molar-refractivity contribution in [2.45, 2.75) is 31.1 Å². The smallest absolute Gasteiger partial charge is 0.161 e. The Kier molecular flexibility index (Phi) is 4.40. The number of hydrogen-bond acceptors (Lipinski definition) is 5. The third-order valence-electron chi connectivity index (χ3n) is 3.91. The molecule has 5 heteroatoms. The highest BCUT2D eigenvalue weighted by molar-refractivity contribution is 5.40. The Morgan fingerprint density at radius 1 is 1.25 bits per heavy atom. The zero-order chi connectivity index (χ0) is 13.8. The van der Waals surface area contributed by atoms with E-state index >= 15 is 0 Å². The van der Waals surface area contributed by atoms with E-state index < -0.39 is 6.10 Å². The summed E-state index contributed by atoms with van der Waals surface area (Å²) in [6.45, 7) is 3.03. The minimum Gasteiger partial charge on any atom is -0.486 e. The second kappa shape index (κ2) is 6.43. The van der Waals surface area contributed by atoms with E-state index in [1.165, 1.54) is 0 Å². The Morgan fingerprint density at radius 2 is 2.00 bits per heavy atom. The van der Waals surface area contributed by atoms with Crippen LogP contribution in [0.4, 0.5) is 0 Å². The second-order valence-corrected chi connectivity index (χ2v) is 5.41. The molecule has 3 N–H and O–H groups in total. The first-order chi connectivity index (χ1) is 9.83. The molecule has 0 amide bonds. The highest BCUT2D eigenvalue weighted by Crippen LogP contribution is 2.31. The van der Waals surface area contributed by atoms with Gasteiger partial charge < -0.3 is 25.2 Å². The van der Waals surface area contributed by atoms with E-state index in [1.54, 1.807) is 0 Å². The van der Waals surface area contributed by atoms with Crippen molar-refractivity contribution < 1.29 is 14.6 Å². The van der Waals surface area contributed by atoms with Crippen LogP contribution in [0.5, 0.6) is 11.5 Å². The Hall–Kier alpha value is -1.30. The Bertz CT molecular complexity index is 435. The van der Waals surface area contributed by atoms with Crippen LogP contribution in [0.2, 0.25) is 0 Å². The molecular formula is C15H22N2O3. The van der Waals surface area contributed by atoms with Crippen molar-refractivity contribution in [3.05, 3.63) is 24.3 Å². The van der Waals surface area contributed by atoms with Crippen LogP contribution >= 0.6 is 0 Å². The maximum absolute atomic E-state index is 10.2. The number of hydrogen-bond donors (Lipinski definition) is 3. The van der Waals surface area contributed by atoms with Gasteiger partial charge >= 0.3 is 0 Å². The van der Waals surface area contributed by atoms with E-state index in [0.29, 0.717) is 24.9 Å². The van der Waals surface area contributed by atoms with Gasteiger partial charge in [0.1, 0.15) is 12.7 Å². The molecule has 110 valence electrons. The molecule has 2 unspecified atom stereocenters. The first-order valence-electron chi connectivity index (χ1n) is 7.33. The second-order valence-electron chi connectivity index (χ2n) is 5.41. The summed E-state index contributed by atoms with van der Waals surface area (Å²) in [6, 6.07) is 8.06. The van der Waals surface area contributed by atoms with E-state index in [2.05, 4.69) is 10.6 Å². The summed E-state index contributed by atoms with van der Waals surface area (Å²) in [4.78, 5) is 0. The van der Waals surface area contributed by atoms with Crippen molar-refractivity contribution >= 4 is 0 Å². The molecule has 0 bridgehead atoms. The zero-order valence-corrected chi connectivity index (χ0v) is 11.5. The lowest BCUT2D eigenvalue weighted by atomic mass is 10.1. The van der Waals surface area contributed by atoms with Crippen LogP contribution in [-0.4, -0.2) is 49.6 Å². The number of benzene rings is 1. The van der Waals surface area contributed by atoms with Crippen LogP contribution in [-0.2, 0) is 0 Å². The summed E-state index contributed by atoms with van der Waals surface area (Å²) in [5.41, 5.74) is 0. The lowest BCUT2D eigenvalue weighted by Gasteiger charge is -2.31. The van der Waals surface area contributed by atoms with Gasteiger partial charge in [0, 0.05) is 12.6 Å². The molecule has 3 rings (SSSR count). The number of nitrogens with one attached hydrogen (secondary N) is 2. The van der Waals surface area contributed by atoms with Gasteiger partial charge in [-0.2, -0.15) is 0 Å². The average Bonchev–Trinajstić information content (AvgIpc) is 2.53. The van der Waals surface area contributed by atoms with Crippen molar-refractivity contribution in [2.24, 2.45) is 0 Å². The van der Waals surface area contributed by atoms with Gasteiger partial charge in [0.2, 0.25) is 0 Å². The van der Waals surface area contributed by atoms with E-state index in [-0.39, 0.29) is 6.10 Å². The fourth-order valence-electron chi connectivity index (χ4n) is 2.67. The molecule has 1 saturated heterocycles. The minimum atomic E-state index is -0.557.